The molecule has 0 amide bonds. The Morgan fingerprint density at radius 1 is 1.44 bits per heavy atom. The van der Waals surface area contributed by atoms with Crippen LogP contribution in [0.15, 0.2) is 33.7 Å². The van der Waals surface area contributed by atoms with Gasteiger partial charge in [0.1, 0.15) is 0 Å². The van der Waals surface area contributed by atoms with Crippen LogP contribution in [0.3, 0.4) is 0 Å². The van der Waals surface area contributed by atoms with Gasteiger partial charge in [0.25, 0.3) is 0 Å². The molecular weight excluding hydrogens is 286 g/mol. The summed E-state index contributed by atoms with van der Waals surface area (Å²) in [5, 5.41) is 15.4. The first-order valence-corrected chi connectivity index (χ1v) is 6.78. The number of halogens is 1. The summed E-state index contributed by atoms with van der Waals surface area (Å²) in [6, 6.07) is 2.17. The van der Waals surface area contributed by atoms with E-state index in [9.17, 15) is 0 Å². The van der Waals surface area contributed by atoms with E-state index in [2.05, 4.69) is 49.1 Å². The highest BCUT2D eigenvalue weighted by atomic mass is 79.9. The standard InChI is InChI=1S/C11H12BrN3S/c1-2-13-11(8-3-4-14-15-5-8)9-6-16-7-10(9)12/h3-7,11,13H,2H2,1H3. The lowest BCUT2D eigenvalue weighted by atomic mass is 10.0. The fourth-order valence-corrected chi connectivity index (χ4v) is 3.13. The van der Waals surface area contributed by atoms with Gasteiger partial charge in [-0.05, 0) is 45.0 Å². The summed E-state index contributed by atoms with van der Waals surface area (Å²) in [4.78, 5) is 0. The van der Waals surface area contributed by atoms with Crippen molar-refractivity contribution in [3.05, 3.63) is 44.8 Å². The van der Waals surface area contributed by atoms with Crippen molar-refractivity contribution in [3.63, 3.8) is 0 Å². The molecule has 1 N–H and O–H groups in total. The van der Waals surface area contributed by atoms with Gasteiger partial charge in [0, 0.05) is 16.0 Å². The minimum Gasteiger partial charge on any atom is -0.306 e. The van der Waals surface area contributed by atoms with Gasteiger partial charge >= 0.3 is 0 Å². The average Bonchev–Trinajstić information content (AvgIpc) is 2.73. The van der Waals surface area contributed by atoms with Crippen LogP contribution in [0.4, 0.5) is 0 Å². The first-order chi connectivity index (χ1) is 7.83. The Bertz CT molecular complexity index is 444. The maximum Gasteiger partial charge on any atom is 0.0612 e. The number of hydrogen-bond donors (Lipinski definition) is 1. The zero-order valence-electron chi connectivity index (χ0n) is 8.85. The van der Waals surface area contributed by atoms with E-state index in [0.717, 1.165) is 16.6 Å². The predicted molar refractivity (Wildman–Crippen MR) is 69.6 cm³/mol. The van der Waals surface area contributed by atoms with E-state index in [-0.39, 0.29) is 6.04 Å². The van der Waals surface area contributed by atoms with Crippen LogP contribution in [0.1, 0.15) is 24.1 Å². The van der Waals surface area contributed by atoms with Crippen molar-refractivity contribution in [2.24, 2.45) is 0 Å². The fourth-order valence-electron chi connectivity index (χ4n) is 1.58. The molecule has 0 fully saturated rings. The Hall–Kier alpha value is -0.780. The molecule has 0 saturated heterocycles. The Morgan fingerprint density at radius 2 is 2.31 bits per heavy atom. The van der Waals surface area contributed by atoms with Crippen LogP contribution in [0, 0.1) is 0 Å². The van der Waals surface area contributed by atoms with Crippen molar-refractivity contribution in [1.82, 2.24) is 15.5 Å². The summed E-state index contributed by atoms with van der Waals surface area (Å²) < 4.78 is 1.14. The largest absolute Gasteiger partial charge is 0.306 e. The summed E-state index contributed by atoms with van der Waals surface area (Å²) in [6.45, 7) is 3.01. The highest BCUT2D eigenvalue weighted by Crippen LogP contribution is 2.30. The molecule has 2 aromatic heterocycles. The third-order valence-electron chi connectivity index (χ3n) is 2.30. The lowest BCUT2D eigenvalue weighted by molar-refractivity contribution is 0.626. The second-order valence-electron chi connectivity index (χ2n) is 3.34. The quantitative estimate of drug-likeness (QED) is 0.943. The molecule has 3 nitrogen and oxygen atoms in total. The van der Waals surface area contributed by atoms with Crippen molar-refractivity contribution in [2.45, 2.75) is 13.0 Å². The van der Waals surface area contributed by atoms with Crippen LogP contribution < -0.4 is 5.32 Å². The third-order valence-corrected chi connectivity index (χ3v) is 4.05. The van der Waals surface area contributed by atoms with E-state index in [1.54, 1.807) is 23.7 Å². The van der Waals surface area contributed by atoms with Gasteiger partial charge in [-0.3, -0.25) is 0 Å². The fraction of sp³-hybridized carbons (Fsp3) is 0.273. The van der Waals surface area contributed by atoms with E-state index in [4.69, 9.17) is 0 Å². The first kappa shape index (κ1) is 11.7. The molecule has 0 aromatic carbocycles. The summed E-state index contributed by atoms with van der Waals surface area (Å²) in [5.41, 5.74) is 2.39. The Morgan fingerprint density at radius 3 is 2.88 bits per heavy atom. The molecule has 0 radical (unpaired) electrons. The molecule has 5 heteroatoms. The van der Waals surface area contributed by atoms with Crippen LogP contribution in [-0.4, -0.2) is 16.7 Å². The minimum atomic E-state index is 0.182. The van der Waals surface area contributed by atoms with E-state index in [1.165, 1.54) is 5.56 Å². The SMILES string of the molecule is CCNC(c1ccnnc1)c1cscc1Br. The van der Waals surface area contributed by atoms with Crippen molar-refractivity contribution >= 4 is 27.3 Å². The minimum absolute atomic E-state index is 0.182. The number of nitrogens with one attached hydrogen (secondary N) is 1. The Balaban J connectivity index is 2.35. The molecule has 2 heterocycles. The molecule has 0 bridgehead atoms. The Kier molecular flexibility index (Phi) is 4.04. The normalized spacial score (nSPS) is 12.6. The molecule has 0 spiro atoms. The van der Waals surface area contributed by atoms with Gasteiger partial charge in [0.15, 0.2) is 0 Å². The average molecular weight is 298 g/mol. The van der Waals surface area contributed by atoms with Crippen LogP contribution >= 0.6 is 27.3 Å². The molecule has 0 aliphatic carbocycles. The van der Waals surface area contributed by atoms with E-state index < -0.39 is 0 Å². The number of aromatic nitrogens is 2. The molecule has 0 aliphatic heterocycles. The number of thiophene rings is 1. The molecule has 1 atom stereocenters. The van der Waals surface area contributed by atoms with Gasteiger partial charge in [-0.15, -0.1) is 0 Å². The van der Waals surface area contributed by atoms with Crippen molar-refractivity contribution in [3.8, 4) is 0 Å². The second-order valence-corrected chi connectivity index (χ2v) is 4.94. The van der Waals surface area contributed by atoms with Crippen LogP contribution in [0.25, 0.3) is 0 Å². The molecule has 1 unspecified atom stereocenters. The zero-order chi connectivity index (χ0) is 11.4. The first-order valence-electron chi connectivity index (χ1n) is 5.04. The van der Waals surface area contributed by atoms with E-state index in [0.29, 0.717) is 0 Å². The molecule has 16 heavy (non-hydrogen) atoms. The van der Waals surface area contributed by atoms with Crippen molar-refractivity contribution in [2.75, 3.05) is 6.54 Å². The molecule has 2 rings (SSSR count). The smallest absolute Gasteiger partial charge is 0.0612 e. The van der Waals surface area contributed by atoms with Gasteiger partial charge in [-0.1, -0.05) is 6.92 Å². The second kappa shape index (κ2) is 5.52. The monoisotopic (exact) mass is 297 g/mol. The molecule has 2 aromatic rings. The summed E-state index contributed by atoms with van der Waals surface area (Å²) >= 11 is 5.26. The van der Waals surface area contributed by atoms with Gasteiger partial charge in [0.05, 0.1) is 12.2 Å². The van der Waals surface area contributed by atoms with Crippen LogP contribution in [0.5, 0.6) is 0 Å². The highest BCUT2D eigenvalue weighted by molar-refractivity contribution is 9.10. The van der Waals surface area contributed by atoms with E-state index in [1.807, 2.05) is 6.07 Å². The van der Waals surface area contributed by atoms with Crippen LogP contribution in [-0.2, 0) is 0 Å². The maximum absolute atomic E-state index is 3.93. The molecule has 84 valence electrons. The summed E-state index contributed by atoms with van der Waals surface area (Å²) in [6.07, 6.45) is 3.53. The van der Waals surface area contributed by atoms with E-state index >= 15 is 0 Å². The van der Waals surface area contributed by atoms with Crippen LogP contribution in [0.2, 0.25) is 0 Å². The molecule has 0 saturated carbocycles. The Labute approximate surface area is 107 Å². The number of nitrogens with zero attached hydrogens (tertiary/aromatic N) is 2. The molecular formula is C11H12BrN3S. The van der Waals surface area contributed by atoms with Gasteiger partial charge in [-0.2, -0.15) is 21.5 Å². The van der Waals surface area contributed by atoms with Gasteiger partial charge in [0.2, 0.25) is 0 Å². The summed E-state index contributed by atoms with van der Waals surface area (Å²) in [5.74, 6) is 0. The number of hydrogen-bond acceptors (Lipinski definition) is 4. The lowest BCUT2D eigenvalue weighted by Gasteiger charge is -2.17. The van der Waals surface area contributed by atoms with Crippen molar-refractivity contribution < 1.29 is 0 Å². The third kappa shape index (κ3) is 2.48. The summed E-state index contributed by atoms with van der Waals surface area (Å²) in [7, 11) is 0. The van der Waals surface area contributed by atoms with Gasteiger partial charge in [-0.25, -0.2) is 0 Å². The molecule has 0 aliphatic rings. The van der Waals surface area contributed by atoms with Crippen molar-refractivity contribution in [1.29, 1.82) is 0 Å². The number of rotatable bonds is 4. The topological polar surface area (TPSA) is 37.8 Å². The highest BCUT2D eigenvalue weighted by Gasteiger charge is 2.16. The van der Waals surface area contributed by atoms with Gasteiger partial charge < -0.3 is 5.32 Å². The predicted octanol–water partition coefficient (Wildman–Crippen LogP) is 3.00. The maximum atomic E-state index is 3.93. The zero-order valence-corrected chi connectivity index (χ0v) is 11.3. The lowest BCUT2D eigenvalue weighted by Crippen LogP contribution is -2.22.